The molecule has 0 rings (SSSR count). The van der Waals surface area contributed by atoms with Gasteiger partial charge in [-0.25, -0.2) is 9.59 Å². The standard InChI is InChI=1S/C28H58N2O7Si2/c1-25(2)27(31)33-23-19-29(5,6)17-13-15-21-35-38(9,10)37-39(11,12)36-22-16-14-18-30(7,8)20-24-34-28(32)26(3)4/h1,3,13-24H2,2,4-12H3/q+2. The van der Waals surface area contributed by atoms with Crippen molar-refractivity contribution in [3.8, 4) is 0 Å². The van der Waals surface area contributed by atoms with E-state index in [0.717, 1.165) is 60.8 Å². The van der Waals surface area contributed by atoms with Gasteiger partial charge in [-0.1, -0.05) is 13.2 Å². The van der Waals surface area contributed by atoms with Gasteiger partial charge in [0.2, 0.25) is 0 Å². The molecule has 0 aliphatic heterocycles. The zero-order chi connectivity index (χ0) is 30.3. The van der Waals surface area contributed by atoms with Gasteiger partial charge in [-0.05, 0) is 65.7 Å². The van der Waals surface area contributed by atoms with E-state index in [1.807, 2.05) is 0 Å². The molecule has 9 nitrogen and oxygen atoms in total. The SMILES string of the molecule is C=C(C)C(=O)OCC[N+](C)(C)CCCCO[Si](C)(C)O[Si](C)(C)OCCCC[N+](C)(C)CCOC(=O)C(=C)C. The summed E-state index contributed by atoms with van der Waals surface area (Å²) >= 11 is 0. The van der Waals surface area contributed by atoms with Gasteiger partial charge in [-0.3, -0.25) is 0 Å². The number of hydrogen-bond acceptors (Lipinski definition) is 7. The molecule has 0 aromatic heterocycles. The Kier molecular flexibility index (Phi) is 16.9. The molecule has 0 heterocycles. The molecule has 0 unspecified atom stereocenters. The van der Waals surface area contributed by atoms with Crippen molar-refractivity contribution in [3.63, 3.8) is 0 Å². The predicted molar refractivity (Wildman–Crippen MR) is 162 cm³/mol. The van der Waals surface area contributed by atoms with Gasteiger partial charge in [0.15, 0.2) is 0 Å². The number of hydrogen-bond donors (Lipinski definition) is 0. The van der Waals surface area contributed by atoms with E-state index < -0.39 is 17.1 Å². The van der Waals surface area contributed by atoms with Gasteiger partial charge in [0.25, 0.3) is 0 Å². The third kappa shape index (κ3) is 20.2. The van der Waals surface area contributed by atoms with Crippen LogP contribution >= 0.6 is 0 Å². The zero-order valence-corrected chi connectivity index (χ0v) is 28.7. The fraction of sp³-hybridized carbons (Fsp3) is 0.786. The summed E-state index contributed by atoms with van der Waals surface area (Å²) in [5, 5.41) is 0. The maximum absolute atomic E-state index is 11.5. The lowest BCUT2D eigenvalue weighted by Gasteiger charge is -2.33. The van der Waals surface area contributed by atoms with Crippen LogP contribution < -0.4 is 0 Å². The molecule has 228 valence electrons. The number of nitrogens with zero attached hydrogens (tertiary/aromatic N) is 2. The lowest BCUT2D eigenvalue weighted by Crippen LogP contribution is -2.49. The zero-order valence-electron chi connectivity index (χ0n) is 26.7. The quantitative estimate of drug-likeness (QED) is 0.0608. The minimum Gasteiger partial charge on any atom is -0.456 e. The first-order chi connectivity index (χ1) is 17.8. The highest BCUT2D eigenvalue weighted by molar-refractivity contribution is 6.78. The fourth-order valence-corrected chi connectivity index (χ4v) is 10.3. The van der Waals surface area contributed by atoms with E-state index in [4.69, 9.17) is 22.4 Å². The van der Waals surface area contributed by atoms with Gasteiger partial charge in [0.1, 0.15) is 26.3 Å². The van der Waals surface area contributed by atoms with E-state index in [0.29, 0.717) is 37.6 Å². The molecule has 0 fully saturated rings. The van der Waals surface area contributed by atoms with Crippen molar-refractivity contribution in [3.05, 3.63) is 24.3 Å². The van der Waals surface area contributed by atoms with Gasteiger partial charge in [0.05, 0.1) is 41.3 Å². The van der Waals surface area contributed by atoms with E-state index in [-0.39, 0.29) is 11.9 Å². The number of ether oxygens (including phenoxy) is 2. The van der Waals surface area contributed by atoms with Crippen LogP contribution in [0.1, 0.15) is 39.5 Å². The first-order valence-electron chi connectivity index (χ1n) is 14.0. The normalized spacial score (nSPS) is 12.8. The molecule has 0 aromatic rings. The molecule has 11 heteroatoms. The molecule has 0 N–H and O–H groups in total. The van der Waals surface area contributed by atoms with Crippen LogP contribution in [0.25, 0.3) is 0 Å². The minimum atomic E-state index is -2.29. The maximum Gasteiger partial charge on any atom is 0.333 e. The molecule has 0 radical (unpaired) electrons. The van der Waals surface area contributed by atoms with Gasteiger partial charge < -0.3 is 31.4 Å². The van der Waals surface area contributed by atoms with E-state index in [1.165, 1.54) is 0 Å². The summed E-state index contributed by atoms with van der Waals surface area (Å²) in [6, 6.07) is 0. The molecule has 0 bridgehead atoms. The van der Waals surface area contributed by atoms with E-state index in [9.17, 15) is 9.59 Å². The first-order valence-corrected chi connectivity index (χ1v) is 19.7. The number of likely N-dealkylation sites (N-methyl/N-ethyl adjacent to an activating group) is 2. The van der Waals surface area contributed by atoms with Crippen LogP contribution in [-0.4, -0.2) is 119 Å². The number of carbonyl (C=O) groups excluding carboxylic acids is 2. The highest BCUT2D eigenvalue weighted by Gasteiger charge is 2.36. The smallest absolute Gasteiger partial charge is 0.333 e. The average molecular weight is 591 g/mol. The van der Waals surface area contributed by atoms with Crippen LogP contribution in [0, 0.1) is 0 Å². The molecular weight excluding hydrogens is 532 g/mol. The molecule has 0 atom stereocenters. The van der Waals surface area contributed by atoms with Crippen molar-refractivity contribution >= 4 is 29.1 Å². The van der Waals surface area contributed by atoms with Crippen molar-refractivity contribution in [2.75, 3.05) is 80.8 Å². The second kappa shape index (κ2) is 17.5. The summed E-state index contributed by atoms with van der Waals surface area (Å²) in [7, 11) is 3.98. The van der Waals surface area contributed by atoms with E-state index in [1.54, 1.807) is 13.8 Å². The molecular formula is C28H58N2O7Si2+2. The molecule has 0 amide bonds. The van der Waals surface area contributed by atoms with E-state index in [2.05, 4.69) is 67.5 Å². The molecule has 0 saturated carbocycles. The van der Waals surface area contributed by atoms with Gasteiger partial charge in [0, 0.05) is 24.4 Å². The maximum atomic E-state index is 11.5. The van der Waals surface area contributed by atoms with Gasteiger partial charge >= 0.3 is 29.1 Å². The molecule has 0 saturated heterocycles. The Morgan fingerprint density at radius 3 is 1.23 bits per heavy atom. The number of unbranched alkanes of at least 4 members (excludes halogenated alkanes) is 2. The first kappa shape index (κ1) is 37.7. The molecule has 0 aliphatic carbocycles. The Morgan fingerprint density at radius 1 is 0.590 bits per heavy atom. The summed E-state index contributed by atoms with van der Waals surface area (Å²) in [6.45, 7) is 24.5. The fourth-order valence-electron chi connectivity index (χ4n) is 3.81. The van der Waals surface area contributed by atoms with Crippen LogP contribution in [0.15, 0.2) is 24.3 Å². The number of quaternary nitrogens is 2. The number of rotatable bonds is 22. The lowest BCUT2D eigenvalue weighted by molar-refractivity contribution is -0.890. The average Bonchev–Trinajstić information content (AvgIpc) is 2.76. The Balaban J connectivity index is 4.17. The third-order valence-electron chi connectivity index (χ3n) is 6.26. The van der Waals surface area contributed by atoms with Crippen molar-refractivity contribution in [1.29, 1.82) is 0 Å². The van der Waals surface area contributed by atoms with Crippen LogP contribution in [0.5, 0.6) is 0 Å². The Bertz CT molecular complexity index is 735. The molecule has 0 spiro atoms. The Hall–Kier alpha value is -1.35. The molecule has 0 aromatic carbocycles. The summed E-state index contributed by atoms with van der Waals surface area (Å²) in [6.07, 6.45) is 3.95. The Labute approximate surface area is 240 Å². The second-order valence-corrected chi connectivity index (χ2v) is 19.6. The van der Waals surface area contributed by atoms with Crippen molar-refractivity contribution in [2.24, 2.45) is 0 Å². The Morgan fingerprint density at radius 2 is 0.923 bits per heavy atom. The van der Waals surface area contributed by atoms with Crippen molar-refractivity contribution in [1.82, 2.24) is 0 Å². The lowest BCUT2D eigenvalue weighted by atomic mass is 10.3. The highest BCUT2D eigenvalue weighted by Crippen LogP contribution is 2.18. The van der Waals surface area contributed by atoms with Crippen molar-refractivity contribution < 1.29 is 41.0 Å². The van der Waals surface area contributed by atoms with Crippen LogP contribution in [0.4, 0.5) is 0 Å². The van der Waals surface area contributed by atoms with Gasteiger partial charge in [-0.15, -0.1) is 0 Å². The van der Waals surface area contributed by atoms with Crippen LogP contribution in [0.2, 0.25) is 26.2 Å². The number of esters is 2. The van der Waals surface area contributed by atoms with Crippen molar-refractivity contribution in [2.45, 2.75) is 65.7 Å². The monoisotopic (exact) mass is 590 g/mol. The summed E-state index contributed by atoms with van der Waals surface area (Å²) in [5.41, 5.74) is 0.859. The second-order valence-electron chi connectivity index (χ2n) is 12.6. The van der Waals surface area contributed by atoms with Crippen LogP contribution in [0.3, 0.4) is 0 Å². The number of carbonyl (C=O) groups is 2. The minimum absolute atomic E-state index is 0.329. The highest BCUT2D eigenvalue weighted by atomic mass is 28.5. The summed E-state index contributed by atoms with van der Waals surface area (Å²) in [5.74, 6) is -0.657. The van der Waals surface area contributed by atoms with E-state index >= 15 is 0 Å². The topological polar surface area (TPSA) is 80.3 Å². The molecule has 0 aliphatic rings. The molecule has 39 heavy (non-hydrogen) atoms. The predicted octanol–water partition coefficient (Wildman–Crippen LogP) is 4.39. The third-order valence-corrected chi connectivity index (χ3v) is 12.0. The van der Waals surface area contributed by atoms with Gasteiger partial charge in [-0.2, -0.15) is 0 Å². The summed E-state index contributed by atoms with van der Waals surface area (Å²) < 4.78 is 30.8. The van der Waals surface area contributed by atoms with Crippen LogP contribution in [-0.2, 0) is 32.0 Å². The largest absolute Gasteiger partial charge is 0.456 e. The summed E-state index contributed by atoms with van der Waals surface area (Å²) in [4.78, 5) is 23.1.